The van der Waals surface area contributed by atoms with Crippen LogP contribution in [0.1, 0.15) is 28.1 Å². The number of ether oxygens (including phenoxy) is 3. The fourth-order valence-corrected chi connectivity index (χ4v) is 1.32. The molecule has 0 bridgehead atoms. The Morgan fingerprint density at radius 1 is 0.800 bits per heavy atom. The maximum absolute atomic E-state index is 11.7. The quantitative estimate of drug-likeness (QED) is 0.312. The predicted octanol–water partition coefficient (Wildman–Crippen LogP) is 3.59. The Hall–Kier alpha value is -2.95. The standard InChI is InChI=1S/C12H19FN2O7.4F2.H2/c1-7(4-9(16)14-3)21-11(18)6-20-12(19)22-8(2)5-10(17)15-13;4*1-2;/h7-8H,4-6H2,1-3H3,(H,14,16)(H,15,17);;;;;1H. The number of hydrogen-bond donors (Lipinski definition) is 2. The second-order valence-electron chi connectivity index (χ2n) is 4.37. The number of esters is 1. The molecule has 0 heterocycles. The average Bonchev–Trinajstić information content (AvgIpc) is 2.77. The van der Waals surface area contributed by atoms with Gasteiger partial charge in [0.05, 0.1) is 12.8 Å². The highest BCUT2D eigenvalue weighted by Crippen LogP contribution is 2.02. The summed E-state index contributed by atoms with van der Waals surface area (Å²) in [6.07, 6.45) is -3.22. The van der Waals surface area contributed by atoms with Gasteiger partial charge in [-0.25, -0.2) is 9.59 Å². The van der Waals surface area contributed by atoms with Crippen LogP contribution in [0.2, 0.25) is 0 Å². The fourth-order valence-electron chi connectivity index (χ4n) is 1.32. The molecule has 184 valence electrons. The van der Waals surface area contributed by atoms with E-state index >= 15 is 0 Å². The molecule has 9 nitrogen and oxygen atoms in total. The molecule has 2 amide bonds. The molecule has 0 spiro atoms. The van der Waals surface area contributed by atoms with Crippen LogP contribution in [0.15, 0.2) is 0 Å². The van der Waals surface area contributed by atoms with Crippen molar-refractivity contribution in [2.75, 3.05) is 13.7 Å². The zero-order valence-corrected chi connectivity index (χ0v) is 15.5. The van der Waals surface area contributed by atoms with Crippen LogP contribution in [-0.4, -0.2) is 49.8 Å². The van der Waals surface area contributed by atoms with Gasteiger partial charge in [0.15, 0.2) is 6.61 Å². The highest BCUT2D eigenvalue weighted by atomic mass is 20.0. The Morgan fingerprint density at radius 2 is 1.20 bits per heavy atom. The van der Waals surface area contributed by atoms with E-state index in [-0.39, 0.29) is 20.2 Å². The SMILES string of the molecule is CNC(=O)CC(C)OC(=O)COC(=O)OC(C)CC(=O)NF.FF.FF.FF.FF.[HH]. The summed E-state index contributed by atoms with van der Waals surface area (Å²) in [6.45, 7) is 2.14. The fraction of sp³-hybridized carbons (Fsp3) is 0.667. The summed E-state index contributed by atoms with van der Waals surface area (Å²) >= 11 is 0. The summed E-state index contributed by atoms with van der Waals surface area (Å²) < 4.78 is 89.6. The Morgan fingerprint density at radius 3 is 1.60 bits per heavy atom. The van der Waals surface area contributed by atoms with Gasteiger partial charge in [0.1, 0.15) is 12.2 Å². The highest BCUT2D eigenvalue weighted by Gasteiger charge is 2.18. The van der Waals surface area contributed by atoms with Gasteiger partial charge in [-0.1, -0.05) is 0 Å². The molecule has 18 heteroatoms. The van der Waals surface area contributed by atoms with E-state index in [1.807, 2.05) is 0 Å². The molecule has 0 aliphatic rings. The Bertz CT molecular complexity index is 405. The van der Waals surface area contributed by atoms with Crippen molar-refractivity contribution in [2.24, 2.45) is 0 Å². The van der Waals surface area contributed by atoms with Gasteiger partial charge in [-0.2, -0.15) is 5.54 Å². The first kappa shape index (κ1) is 37.8. The summed E-state index contributed by atoms with van der Waals surface area (Å²) in [4.78, 5) is 44.2. The lowest BCUT2D eigenvalue weighted by molar-refractivity contribution is -0.153. The molecule has 30 heavy (non-hydrogen) atoms. The molecule has 0 radical (unpaired) electrons. The number of nitrogens with one attached hydrogen (secondary N) is 2. The molecule has 0 saturated carbocycles. The zero-order chi connectivity index (χ0) is 25.1. The van der Waals surface area contributed by atoms with Crippen LogP contribution in [-0.2, 0) is 28.6 Å². The van der Waals surface area contributed by atoms with Gasteiger partial charge >= 0.3 is 12.1 Å². The molecule has 2 unspecified atom stereocenters. The minimum Gasteiger partial charge on any atom is -0.460 e. The van der Waals surface area contributed by atoms with Gasteiger partial charge in [0, 0.05) is 45.1 Å². The molecule has 2 N–H and O–H groups in total. The van der Waals surface area contributed by atoms with Crippen LogP contribution in [0, 0.1) is 0 Å². The van der Waals surface area contributed by atoms with E-state index in [1.165, 1.54) is 20.9 Å². The summed E-state index contributed by atoms with van der Waals surface area (Å²) in [7, 11) is 1.44. The summed E-state index contributed by atoms with van der Waals surface area (Å²) in [5, 5.41) is 2.37. The van der Waals surface area contributed by atoms with Crippen LogP contribution in [0.4, 0.5) is 45.9 Å². The van der Waals surface area contributed by atoms with Crippen molar-refractivity contribution in [2.45, 2.75) is 38.9 Å². The number of carbonyl (C=O) groups excluding carboxylic acids is 4. The van der Waals surface area contributed by atoms with Gasteiger partial charge in [0.2, 0.25) is 5.91 Å². The van der Waals surface area contributed by atoms with E-state index in [0.717, 1.165) is 5.54 Å². The van der Waals surface area contributed by atoms with Gasteiger partial charge in [-0.15, -0.1) is 4.48 Å². The van der Waals surface area contributed by atoms with E-state index in [1.54, 1.807) is 0 Å². The minimum atomic E-state index is -1.20. The van der Waals surface area contributed by atoms with E-state index in [9.17, 15) is 23.7 Å². The van der Waals surface area contributed by atoms with Gasteiger partial charge in [0.25, 0.3) is 5.91 Å². The molecule has 0 rings (SSSR count). The van der Waals surface area contributed by atoms with E-state index in [4.69, 9.17) is 41.3 Å². The smallest absolute Gasteiger partial charge is 0.460 e. The maximum atomic E-state index is 11.7. The van der Waals surface area contributed by atoms with Crippen LogP contribution in [0.25, 0.3) is 0 Å². The Labute approximate surface area is 164 Å². The Kier molecular flexibility index (Phi) is 38.7. The minimum absolute atomic E-state index is 0. The lowest BCUT2D eigenvalue weighted by atomic mass is 10.3. The van der Waals surface area contributed by atoms with Crippen molar-refractivity contribution in [3.63, 3.8) is 0 Å². The Balaban J connectivity index is -0.000000154. The molecule has 2 atom stereocenters. The number of amides is 2. The molecule has 0 fully saturated rings. The predicted molar refractivity (Wildman–Crippen MR) is 81.0 cm³/mol. The topological polar surface area (TPSA) is 120 Å². The van der Waals surface area contributed by atoms with Gasteiger partial charge in [-0.05, 0) is 13.8 Å². The molecular weight excluding hydrogens is 455 g/mol. The largest absolute Gasteiger partial charge is 0.509 e. The number of rotatable bonds is 8. The number of carbonyl (C=O) groups is 4. The van der Waals surface area contributed by atoms with Gasteiger partial charge < -0.3 is 19.5 Å². The van der Waals surface area contributed by atoms with Crippen LogP contribution in [0.5, 0.6) is 0 Å². The number of halogens is 9. The molecular formula is C12H21F9N2O7. The first-order valence-electron chi connectivity index (χ1n) is 6.98. The summed E-state index contributed by atoms with van der Waals surface area (Å²) in [5.41, 5.74) is 0.883. The summed E-state index contributed by atoms with van der Waals surface area (Å²) in [5.74, 6) is -2.12. The van der Waals surface area contributed by atoms with Crippen LogP contribution in [0.3, 0.4) is 0 Å². The van der Waals surface area contributed by atoms with Crippen LogP contribution < -0.4 is 10.9 Å². The molecule has 0 saturated heterocycles. The average molecular weight is 476 g/mol. The first-order chi connectivity index (χ1) is 14.3. The highest BCUT2D eigenvalue weighted by molar-refractivity contribution is 5.78. The molecule has 0 aliphatic heterocycles. The molecule has 0 aliphatic carbocycles. The van der Waals surface area contributed by atoms with Crippen molar-refractivity contribution < 1.29 is 75.9 Å². The van der Waals surface area contributed by atoms with Crippen molar-refractivity contribution in [1.29, 1.82) is 0 Å². The van der Waals surface area contributed by atoms with Crippen molar-refractivity contribution in [3.8, 4) is 0 Å². The third kappa shape index (κ3) is 29.8. The van der Waals surface area contributed by atoms with Crippen LogP contribution >= 0.6 is 0 Å². The molecule has 0 aromatic carbocycles. The number of hydrogen-bond acceptors (Lipinski definition) is 7. The van der Waals surface area contributed by atoms with Crippen molar-refractivity contribution >= 4 is 23.9 Å². The lowest BCUT2D eigenvalue weighted by Gasteiger charge is -2.14. The van der Waals surface area contributed by atoms with E-state index < -0.39 is 36.8 Å². The van der Waals surface area contributed by atoms with Crippen molar-refractivity contribution in [3.05, 3.63) is 0 Å². The second-order valence-corrected chi connectivity index (χ2v) is 4.37. The van der Waals surface area contributed by atoms with Gasteiger partial charge in [-0.3, -0.25) is 9.59 Å². The second kappa shape index (κ2) is 30.8. The first-order valence-corrected chi connectivity index (χ1v) is 6.98. The van der Waals surface area contributed by atoms with E-state index in [0.29, 0.717) is 0 Å². The summed E-state index contributed by atoms with van der Waals surface area (Å²) in [6, 6.07) is 0. The third-order valence-corrected chi connectivity index (χ3v) is 2.27. The van der Waals surface area contributed by atoms with E-state index in [2.05, 4.69) is 14.8 Å². The third-order valence-electron chi connectivity index (χ3n) is 2.27. The normalized spacial score (nSPS) is 10.0. The molecule has 0 aromatic rings. The van der Waals surface area contributed by atoms with Crippen molar-refractivity contribution in [1.82, 2.24) is 10.9 Å². The monoisotopic (exact) mass is 476 g/mol. The zero-order valence-electron chi connectivity index (χ0n) is 15.5. The maximum Gasteiger partial charge on any atom is 0.509 e. The molecule has 0 aromatic heterocycles. The lowest BCUT2D eigenvalue weighted by Crippen LogP contribution is -2.28.